The van der Waals surface area contributed by atoms with Gasteiger partial charge in [-0.05, 0) is 46.9 Å². The molecule has 0 unspecified atom stereocenters. The van der Waals surface area contributed by atoms with Gasteiger partial charge in [0.05, 0.1) is 16.7 Å². The molecule has 0 aliphatic heterocycles. The van der Waals surface area contributed by atoms with Crippen LogP contribution >= 0.6 is 11.8 Å². The van der Waals surface area contributed by atoms with E-state index < -0.39 is 0 Å². The molecule has 2 amide bonds. The maximum Gasteiger partial charge on any atom is 0.250 e. The van der Waals surface area contributed by atoms with E-state index in [1.807, 2.05) is 43.3 Å². The van der Waals surface area contributed by atoms with Crippen LogP contribution in [0.3, 0.4) is 0 Å². The molecule has 1 aliphatic rings. The van der Waals surface area contributed by atoms with Crippen LogP contribution in [0.25, 0.3) is 11.1 Å². The molecule has 31 heavy (non-hydrogen) atoms. The Kier molecular flexibility index (Phi) is 6.18. The van der Waals surface area contributed by atoms with Gasteiger partial charge in [-0.1, -0.05) is 60.7 Å². The normalized spacial score (nSPS) is 12.8. The fourth-order valence-corrected chi connectivity index (χ4v) is 4.84. The highest BCUT2D eigenvalue weighted by Gasteiger charge is 2.28. The van der Waals surface area contributed by atoms with Gasteiger partial charge >= 0.3 is 0 Å². The average Bonchev–Trinajstić information content (AvgIpc) is 3.10. The van der Waals surface area contributed by atoms with E-state index in [2.05, 4.69) is 52.2 Å². The Balaban J connectivity index is 1.38. The second-order valence-electron chi connectivity index (χ2n) is 7.36. The summed E-state index contributed by atoms with van der Waals surface area (Å²) in [7, 11) is 0. The first kappa shape index (κ1) is 20.9. The zero-order valence-electron chi connectivity index (χ0n) is 17.4. The van der Waals surface area contributed by atoms with Gasteiger partial charge in [0.1, 0.15) is 0 Å². The number of anilines is 1. The van der Waals surface area contributed by atoms with Crippen LogP contribution < -0.4 is 10.7 Å². The number of hydrogen-bond acceptors (Lipinski definition) is 4. The van der Waals surface area contributed by atoms with E-state index in [0.717, 1.165) is 11.3 Å². The predicted octanol–water partition coefficient (Wildman–Crippen LogP) is 4.99. The summed E-state index contributed by atoms with van der Waals surface area (Å²) in [6.45, 7) is 3.31. The van der Waals surface area contributed by atoms with Gasteiger partial charge in [0.15, 0.2) is 0 Å². The van der Waals surface area contributed by atoms with E-state index in [1.54, 1.807) is 11.8 Å². The standard InChI is InChI=1S/C25H23N3O2S/c1-16(18-11-13-19(14-12-18)26-17(2)29)27-28-24(30)15-31-25-22-9-5-3-7-20(22)21-8-4-6-10-23(21)25/h3-14,25H,15H2,1-2H3,(H,26,29)(H,28,30)/b27-16+. The van der Waals surface area contributed by atoms with Gasteiger partial charge in [-0.2, -0.15) is 5.10 Å². The number of fused-ring (bicyclic) bond motifs is 3. The third kappa shape index (κ3) is 4.70. The molecule has 4 rings (SSSR count). The van der Waals surface area contributed by atoms with Crippen LogP contribution in [0, 0.1) is 0 Å². The quantitative estimate of drug-likeness (QED) is 0.428. The van der Waals surface area contributed by atoms with Crippen molar-refractivity contribution in [1.29, 1.82) is 0 Å². The first-order valence-electron chi connectivity index (χ1n) is 10.0. The molecule has 0 aromatic heterocycles. The summed E-state index contributed by atoms with van der Waals surface area (Å²) in [5.74, 6) is 0.0578. The molecule has 3 aromatic carbocycles. The number of hydrazone groups is 1. The maximum atomic E-state index is 12.4. The van der Waals surface area contributed by atoms with Gasteiger partial charge in [0, 0.05) is 12.6 Å². The zero-order chi connectivity index (χ0) is 21.8. The van der Waals surface area contributed by atoms with Crippen molar-refractivity contribution in [3.63, 3.8) is 0 Å². The van der Waals surface area contributed by atoms with Crippen LogP contribution in [0.4, 0.5) is 5.69 Å². The lowest BCUT2D eigenvalue weighted by atomic mass is 10.1. The number of rotatable bonds is 6. The van der Waals surface area contributed by atoms with Crippen molar-refractivity contribution >= 4 is 35.0 Å². The number of thioether (sulfide) groups is 1. The zero-order valence-corrected chi connectivity index (χ0v) is 18.2. The number of amides is 2. The first-order chi connectivity index (χ1) is 15.0. The molecule has 0 radical (unpaired) electrons. The molecular formula is C25H23N3O2S. The van der Waals surface area contributed by atoms with E-state index >= 15 is 0 Å². The van der Waals surface area contributed by atoms with Crippen molar-refractivity contribution in [1.82, 2.24) is 5.43 Å². The second kappa shape index (κ2) is 9.18. The number of carbonyl (C=O) groups excluding carboxylic acids is 2. The van der Waals surface area contributed by atoms with E-state index in [1.165, 1.54) is 29.2 Å². The SMILES string of the molecule is CC(=O)Nc1ccc(/C(C)=N/NC(=O)CSC2c3ccccc3-c3ccccc32)cc1. The summed E-state index contributed by atoms with van der Waals surface area (Å²) in [6.07, 6.45) is 0. The summed E-state index contributed by atoms with van der Waals surface area (Å²) in [4.78, 5) is 23.6. The lowest BCUT2D eigenvalue weighted by Crippen LogP contribution is -2.21. The van der Waals surface area contributed by atoms with Crippen LogP contribution in [0.1, 0.15) is 35.8 Å². The molecule has 3 aromatic rings. The molecule has 0 fully saturated rings. The molecule has 1 aliphatic carbocycles. The molecule has 2 N–H and O–H groups in total. The maximum absolute atomic E-state index is 12.4. The van der Waals surface area contributed by atoms with Gasteiger partial charge in [-0.15, -0.1) is 11.8 Å². The lowest BCUT2D eigenvalue weighted by Gasteiger charge is -2.12. The number of hydrogen-bond donors (Lipinski definition) is 2. The Bertz CT molecular complexity index is 1110. The lowest BCUT2D eigenvalue weighted by molar-refractivity contribution is -0.118. The fraction of sp³-hybridized carbons (Fsp3) is 0.160. The highest BCUT2D eigenvalue weighted by molar-refractivity contribution is 8.00. The molecule has 0 bridgehead atoms. The van der Waals surface area contributed by atoms with Crippen molar-refractivity contribution in [2.45, 2.75) is 19.1 Å². The minimum absolute atomic E-state index is 0.115. The molecule has 0 saturated heterocycles. The monoisotopic (exact) mass is 429 g/mol. The van der Waals surface area contributed by atoms with E-state index in [-0.39, 0.29) is 17.1 Å². The third-order valence-electron chi connectivity index (χ3n) is 5.13. The Morgan fingerprint density at radius 3 is 2.03 bits per heavy atom. The highest BCUT2D eigenvalue weighted by atomic mass is 32.2. The van der Waals surface area contributed by atoms with Crippen molar-refractivity contribution in [3.8, 4) is 11.1 Å². The van der Waals surface area contributed by atoms with Gasteiger partial charge in [-0.25, -0.2) is 5.43 Å². The minimum Gasteiger partial charge on any atom is -0.326 e. The van der Waals surface area contributed by atoms with Crippen LogP contribution in [-0.4, -0.2) is 23.3 Å². The number of nitrogens with one attached hydrogen (secondary N) is 2. The Hall–Kier alpha value is -3.38. The van der Waals surface area contributed by atoms with Gasteiger partial charge in [0.25, 0.3) is 0 Å². The van der Waals surface area contributed by atoms with Crippen molar-refractivity contribution < 1.29 is 9.59 Å². The smallest absolute Gasteiger partial charge is 0.250 e. The van der Waals surface area contributed by atoms with Crippen molar-refractivity contribution in [2.24, 2.45) is 5.10 Å². The molecule has 0 spiro atoms. The Morgan fingerprint density at radius 1 is 0.871 bits per heavy atom. The van der Waals surface area contributed by atoms with E-state index in [4.69, 9.17) is 0 Å². The van der Waals surface area contributed by atoms with Crippen LogP contribution in [-0.2, 0) is 9.59 Å². The second-order valence-corrected chi connectivity index (χ2v) is 8.45. The minimum atomic E-state index is -0.138. The number of nitrogens with zero attached hydrogens (tertiary/aromatic N) is 1. The van der Waals surface area contributed by atoms with E-state index in [9.17, 15) is 9.59 Å². The number of benzene rings is 3. The van der Waals surface area contributed by atoms with Gasteiger partial charge < -0.3 is 5.32 Å². The third-order valence-corrected chi connectivity index (χ3v) is 6.40. The molecule has 0 heterocycles. The van der Waals surface area contributed by atoms with Crippen LogP contribution in [0.5, 0.6) is 0 Å². The van der Waals surface area contributed by atoms with Crippen molar-refractivity contribution in [3.05, 3.63) is 89.5 Å². The molecule has 6 heteroatoms. The average molecular weight is 430 g/mol. The largest absolute Gasteiger partial charge is 0.326 e. The molecule has 0 atom stereocenters. The summed E-state index contributed by atoms with van der Waals surface area (Å²) < 4.78 is 0. The molecular weight excluding hydrogens is 406 g/mol. The molecule has 0 saturated carbocycles. The fourth-order valence-electron chi connectivity index (χ4n) is 3.69. The summed E-state index contributed by atoms with van der Waals surface area (Å²) in [5, 5.41) is 7.11. The number of carbonyl (C=O) groups is 2. The van der Waals surface area contributed by atoms with E-state index in [0.29, 0.717) is 11.5 Å². The molecule has 156 valence electrons. The topological polar surface area (TPSA) is 70.6 Å². The highest BCUT2D eigenvalue weighted by Crippen LogP contribution is 2.49. The van der Waals surface area contributed by atoms with Gasteiger partial charge in [-0.3, -0.25) is 9.59 Å². The van der Waals surface area contributed by atoms with Crippen LogP contribution in [0.15, 0.2) is 77.9 Å². The Morgan fingerprint density at radius 2 is 1.45 bits per heavy atom. The summed E-state index contributed by atoms with van der Waals surface area (Å²) >= 11 is 1.61. The van der Waals surface area contributed by atoms with Crippen molar-refractivity contribution in [2.75, 3.05) is 11.1 Å². The first-order valence-corrected chi connectivity index (χ1v) is 11.1. The summed E-state index contributed by atoms with van der Waals surface area (Å²) in [5.41, 5.74) is 9.94. The van der Waals surface area contributed by atoms with Crippen LogP contribution in [0.2, 0.25) is 0 Å². The molecule has 5 nitrogen and oxygen atoms in total. The predicted molar refractivity (Wildman–Crippen MR) is 127 cm³/mol. The Labute approximate surface area is 186 Å². The summed E-state index contributed by atoms with van der Waals surface area (Å²) in [6, 6.07) is 24.1. The van der Waals surface area contributed by atoms with Gasteiger partial charge in [0.2, 0.25) is 11.8 Å².